The second-order valence-corrected chi connectivity index (χ2v) is 10.3. The lowest BCUT2D eigenvalue weighted by Gasteiger charge is -2.41. The molecule has 2 fully saturated rings. The number of nitrogens with zero attached hydrogens (tertiary/aromatic N) is 4. The molecule has 0 spiro atoms. The Morgan fingerprint density at radius 2 is 1.78 bits per heavy atom. The Labute approximate surface area is 218 Å². The fourth-order valence-corrected chi connectivity index (χ4v) is 5.46. The molecule has 8 nitrogen and oxygen atoms in total. The molecule has 4 rings (SSSR count). The molecule has 0 atom stereocenters. The first kappa shape index (κ1) is 26.4. The van der Waals surface area contributed by atoms with Gasteiger partial charge in [0.2, 0.25) is 5.91 Å². The van der Waals surface area contributed by atoms with Crippen molar-refractivity contribution in [3.8, 4) is 0 Å². The smallest absolute Gasteiger partial charge is 0.272 e. The van der Waals surface area contributed by atoms with Crippen molar-refractivity contribution in [2.24, 2.45) is 5.92 Å². The monoisotopic (exact) mass is 512 g/mol. The van der Waals surface area contributed by atoms with Gasteiger partial charge in [0, 0.05) is 49.2 Å². The molecule has 0 saturated carbocycles. The van der Waals surface area contributed by atoms with Gasteiger partial charge in [-0.05, 0) is 76.2 Å². The van der Waals surface area contributed by atoms with Gasteiger partial charge >= 0.3 is 0 Å². The molecule has 2 aliphatic rings. The molecular weight excluding hydrogens is 476 g/mol. The van der Waals surface area contributed by atoms with Gasteiger partial charge in [-0.25, -0.2) is 9.97 Å². The normalized spacial score (nSPS) is 17.7. The van der Waals surface area contributed by atoms with E-state index in [0.29, 0.717) is 24.1 Å². The average Bonchev–Trinajstić information content (AvgIpc) is 2.91. The molecule has 36 heavy (non-hydrogen) atoms. The standard InChI is InChI=1S/C27H37ClN6O2/c1-18-16-20(4-5-23(18)28)6-11-30-25-19(2)24(31-17-32-25)27(36)34-14-9-22(10-15-34)33-12-7-21(8-13-33)26(35)29-3/h4-5,16-17,21-22H,6-15H2,1-3H3,(H,29,35)(H,30,31,32). The molecule has 2 N–H and O–H groups in total. The molecule has 0 bridgehead atoms. The summed E-state index contributed by atoms with van der Waals surface area (Å²) in [6.07, 6.45) is 6.02. The third-order valence-electron chi connectivity index (χ3n) is 7.63. The van der Waals surface area contributed by atoms with Gasteiger partial charge < -0.3 is 20.4 Å². The van der Waals surface area contributed by atoms with Crippen molar-refractivity contribution in [2.75, 3.05) is 45.1 Å². The number of hydrogen-bond donors (Lipinski definition) is 2. The van der Waals surface area contributed by atoms with Crippen LogP contribution in [0.4, 0.5) is 5.82 Å². The van der Waals surface area contributed by atoms with Crippen LogP contribution < -0.4 is 10.6 Å². The second-order valence-electron chi connectivity index (χ2n) is 9.90. The molecule has 9 heteroatoms. The average molecular weight is 513 g/mol. The highest BCUT2D eigenvalue weighted by Gasteiger charge is 2.32. The number of aryl methyl sites for hydroxylation is 1. The molecule has 2 amide bonds. The number of aromatic nitrogens is 2. The van der Waals surface area contributed by atoms with Gasteiger partial charge in [0.25, 0.3) is 5.91 Å². The van der Waals surface area contributed by atoms with Crippen LogP contribution in [0.5, 0.6) is 0 Å². The van der Waals surface area contributed by atoms with E-state index in [-0.39, 0.29) is 17.7 Å². The highest BCUT2D eigenvalue weighted by atomic mass is 35.5. The number of piperidine rings is 2. The first-order valence-corrected chi connectivity index (χ1v) is 13.3. The molecule has 2 aliphatic heterocycles. The zero-order chi connectivity index (χ0) is 25.7. The summed E-state index contributed by atoms with van der Waals surface area (Å²) in [5, 5.41) is 6.92. The number of hydrogen-bond acceptors (Lipinski definition) is 6. The van der Waals surface area contributed by atoms with Crippen molar-refractivity contribution in [2.45, 2.75) is 52.0 Å². The molecule has 194 valence electrons. The molecule has 0 radical (unpaired) electrons. The SMILES string of the molecule is CNC(=O)C1CCN(C2CCN(C(=O)c3ncnc(NCCc4ccc(Cl)c(C)c4)c3C)CC2)CC1. The molecule has 3 heterocycles. The number of halogens is 1. The van der Waals surface area contributed by atoms with Crippen LogP contribution in [-0.2, 0) is 11.2 Å². The van der Waals surface area contributed by atoms with Gasteiger partial charge in [-0.3, -0.25) is 9.59 Å². The van der Waals surface area contributed by atoms with Crippen LogP contribution in [-0.4, -0.2) is 77.4 Å². The molecule has 0 unspecified atom stereocenters. The van der Waals surface area contributed by atoms with Gasteiger partial charge in [-0.2, -0.15) is 0 Å². The molecular formula is C27H37ClN6O2. The number of likely N-dealkylation sites (tertiary alicyclic amines) is 2. The van der Waals surface area contributed by atoms with E-state index in [9.17, 15) is 9.59 Å². The van der Waals surface area contributed by atoms with Crippen LogP contribution in [0.1, 0.15) is 52.9 Å². The summed E-state index contributed by atoms with van der Waals surface area (Å²) in [6.45, 7) is 7.96. The lowest BCUT2D eigenvalue weighted by molar-refractivity contribution is -0.126. The van der Waals surface area contributed by atoms with E-state index in [1.807, 2.05) is 30.9 Å². The van der Waals surface area contributed by atoms with E-state index in [0.717, 1.165) is 74.4 Å². The van der Waals surface area contributed by atoms with Crippen molar-refractivity contribution >= 4 is 29.2 Å². The van der Waals surface area contributed by atoms with Crippen LogP contribution in [0, 0.1) is 19.8 Å². The summed E-state index contributed by atoms with van der Waals surface area (Å²) >= 11 is 6.13. The first-order valence-electron chi connectivity index (χ1n) is 12.9. The Kier molecular flexibility index (Phi) is 8.80. The summed E-state index contributed by atoms with van der Waals surface area (Å²) in [6, 6.07) is 6.53. The van der Waals surface area contributed by atoms with Crippen LogP contribution in [0.25, 0.3) is 0 Å². The Hall–Kier alpha value is -2.71. The third-order valence-corrected chi connectivity index (χ3v) is 8.05. The van der Waals surface area contributed by atoms with Crippen LogP contribution in [0.15, 0.2) is 24.5 Å². The Morgan fingerprint density at radius 1 is 1.06 bits per heavy atom. The highest BCUT2D eigenvalue weighted by Crippen LogP contribution is 2.25. The van der Waals surface area contributed by atoms with Gasteiger partial charge in [-0.1, -0.05) is 23.7 Å². The second kappa shape index (κ2) is 12.0. The Balaban J connectivity index is 1.29. The zero-order valence-electron chi connectivity index (χ0n) is 21.5. The molecule has 2 saturated heterocycles. The molecule has 1 aromatic heterocycles. The minimum Gasteiger partial charge on any atom is -0.369 e. The maximum atomic E-state index is 13.3. The number of amides is 2. The van der Waals surface area contributed by atoms with Crippen molar-refractivity contribution in [1.82, 2.24) is 25.1 Å². The fraction of sp³-hybridized carbons (Fsp3) is 0.556. The Morgan fingerprint density at radius 3 is 2.44 bits per heavy atom. The van der Waals surface area contributed by atoms with E-state index in [1.165, 1.54) is 11.9 Å². The highest BCUT2D eigenvalue weighted by molar-refractivity contribution is 6.31. The van der Waals surface area contributed by atoms with E-state index in [2.05, 4.69) is 31.6 Å². The number of nitrogens with one attached hydrogen (secondary N) is 2. The number of benzene rings is 1. The van der Waals surface area contributed by atoms with Gasteiger partial charge in [0.1, 0.15) is 17.8 Å². The molecule has 0 aliphatic carbocycles. The van der Waals surface area contributed by atoms with Crippen molar-refractivity contribution in [3.05, 3.63) is 51.9 Å². The minimum atomic E-state index is -0.0250. The lowest BCUT2D eigenvalue weighted by atomic mass is 9.93. The summed E-state index contributed by atoms with van der Waals surface area (Å²) in [4.78, 5) is 38.4. The quantitative estimate of drug-likeness (QED) is 0.590. The van der Waals surface area contributed by atoms with E-state index in [1.54, 1.807) is 7.05 Å². The summed E-state index contributed by atoms with van der Waals surface area (Å²) in [5.74, 6) is 0.965. The molecule has 2 aromatic rings. The van der Waals surface area contributed by atoms with Crippen molar-refractivity contribution in [3.63, 3.8) is 0 Å². The largest absolute Gasteiger partial charge is 0.369 e. The third kappa shape index (κ3) is 6.16. The number of carbonyl (C=O) groups is 2. The predicted octanol–water partition coefficient (Wildman–Crippen LogP) is 3.46. The van der Waals surface area contributed by atoms with Gasteiger partial charge in [-0.15, -0.1) is 0 Å². The lowest BCUT2D eigenvalue weighted by Crippen LogP contribution is -2.50. The van der Waals surface area contributed by atoms with Crippen LogP contribution in [0.3, 0.4) is 0 Å². The van der Waals surface area contributed by atoms with Crippen molar-refractivity contribution in [1.29, 1.82) is 0 Å². The van der Waals surface area contributed by atoms with E-state index in [4.69, 9.17) is 11.6 Å². The van der Waals surface area contributed by atoms with Crippen molar-refractivity contribution < 1.29 is 9.59 Å². The summed E-state index contributed by atoms with van der Waals surface area (Å²) < 4.78 is 0. The summed E-state index contributed by atoms with van der Waals surface area (Å²) in [5.41, 5.74) is 3.53. The fourth-order valence-electron chi connectivity index (χ4n) is 5.35. The van der Waals surface area contributed by atoms with E-state index < -0.39 is 0 Å². The summed E-state index contributed by atoms with van der Waals surface area (Å²) in [7, 11) is 1.71. The van der Waals surface area contributed by atoms with E-state index >= 15 is 0 Å². The topological polar surface area (TPSA) is 90.5 Å². The van der Waals surface area contributed by atoms with Gasteiger partial charge in [0.05, 0.1) is 0 Å². The maximum Gasteiger partial charge on any atom is 0.272 e. The maximum absolute atomic E-state index is 13.3. The predicted molar refractivity (Wildman–Crippen MR) is 142 cm³/mol. The molecule has 1 aromatic carbocycles. The number of rotatable bonds is 7. The van der Waals surface area contributed by atoms with Gasteiger partial charge in [0.15, 0.2) is 0 Å². The number of carbonyl (C=O) groups excluding carboxylic acids is 2. The number of anilines is 1. The zero-order valence-corrected chi connectivity index (χ0v) is 22.3. The van der Waals surface area contributed by atoms with Crippen LogP contribution in [0.2, 0.25) is 5.02 Å². The minimum absolute atomic E-state index is 0.0250. The van der Waals surface area contributed by atoms with Crippen LogP contribution >= 0.6 is 11.6 Å². The first-order chi connectivity index (χ1) is 17.4. The Bertz CT molecular complexity index is 1080.